The van der Waals surface area contributed by atoms with Gasteiger partial charge in [-0.3, -0.25) is 24.7 Å². The quantitative estimate of drug-likeness (QED) is 0.553. The lowest BCUT2D eigenvalue weighted by Crippen LogP contribution is -2.48. The average Bonchev–Trinajstić information content (AvgIpc) is 3.13. The second-order valence-corrected chi connectivity index (χ2v) is 7.56. The number of aromatic nitrogens is 2. The predicted octanol–water partition coefficient (Wildman–Crippen LogP) is 2.17. The van der Waals surface area contributed by atoms with Crippen LogP contribution in [0.2, 0.25) is 0 Å². The van der Waals surface area contributed by atoms with Crippen molar-refractivity contribution in [2.75, 3.05) is 38.0 Å². The van der Waals surface area contributed by atoms with Crippen LogP contribution in [0.3, 0.4) is 0 Å². The number of carbonyl (C=O) groups excluding carboxylic acids is 1. The molecule has 0 saturated carbocycles. The number of nitro benzene ring substituents is 1. The lowest BCUT2D eigenvalue weighted by molar-refractivity contribution is -0.385. The molecule has 156 valence electrons. The molecule has 0 bridgehead atoms. The van der Waals surface area contributed by atoms with Gasteiger partial charge in [0, 0.05) is 49.4 Å². The lowest BCUT2D eigenvalue weighted by Gasteiger charge is -2.33. The van der Waals surface area contributed by atoms with E-state index in [9.17, 15) is 14.9 Å². The molecule has 1 aliphatic rings. The van der Waals surface area contributed by atoms with Gasteiger partial charge in [0.1, 0.15) is 0 Å². The van der Waals surface area contributed by atoms with Gasteiger partial charge in [0.25, 0.3) is 5.69 Å². The summed E-state index contributed by atoms with van der Waals surface area (Å²) in [6.45, 7) is 9.63. The van der Waals surface area contributed by atoms with Crippen molar-refractivity contribution in [2.45, 2.75) is 33.2 Å². The average molecular weight is 402 g/mol. The Morgan fingerprint density at radius 1 is 1.28 bits per heavy atom. The molecule has 1 aromatic heterocycles. The van der Waals surface area contributed by atoms with Crippen LogP contribution >= 0.6 is 0 Å². The third kappa shape index (κ3) is 5.58. The zero-order valence-electron chi connectivity index (χ0n) is 16.9. The van der Waals surface area contributed by atoms with E-state index in [1.807, 2.05) is 13.8 Å². The van der Waals surface area contributed by atoms with Crippen molar-refractivity contribution in [3.05, 3.63) is 45.6 Å². The first-order valence-corrected chi connectivity index (χ1v) is 9.64. The maximum absolute atomic E-state index is 12.3. The summed E-state index contributed by atoms with van der Waals surface area (Å²) in [5.74, 6) is 1.38. The molecule has 1 aliphatic heterocycles. The monoisotopic (exact) mass is 402 g/mol. The number of anilines is 1. The van der Waals surface area contributed by atoms with Crippen molar-refractivity contribution in [1.29, 1.82) is 0 Å². The van der Waals surface area contributed by atoms with E-state index in [0.717, 1.165) is 26.2 Å². The molecule has 1 aromatic carbocycles. The van der Waals surface area contributed by atoms with Gasteiger partial charge in [-0.1, -0.05) is 25.1 Å². The Morgan fingerprint density at radius 2 is 1.97 bits per heavy atom. The first kappa shape index (κ1) is 20.9. The largest absolute Gasteiger partial charge is 0.338 e. The van der Waals surface area contributed by atoms with E-state index in [2.05, 4.69) is 25.3 Å². The summed E-state index contributed by atoms with van der Waals surface area (Å²) in [5.41, 5.74) is 0.993. The number of amides is 1. The smallest absolute Gasteiger partial charge is 0.274 e. The van der Waals surface area contributed by atoms with Crippen LogP contribution in [-0.4, -0.2) is 63.5 Å². The van der Waals surface area contributed by atoms with Crippen LogP contribution in [0.4, 0.5) is 11.4 Å². The number of piperazine rings is 1. The van der Waals surface area contributed by atoms with E-state index in [1.165, 1.54) is 6.07 Å². The number of hydrogen-bond donors (Lipinski definition) is 1. The Morgan fingerprint density at radius 3 is 2.59 bits per heavy atom. The van der Waals surface area contributed by atoms with Crippen molar-refractivity contribution in [3.8, 4) is 0 Å². The van der Waals surface area contributed by atoms with Crippen LogP contribution in [0.25, 0.3) is 0 Å². The maximum Gasteiger partial charge on any atom is 0.274 e. The highest BCUT2D eigenvalue weighted by Crippen LogP contribution is 2.22. The molecule has 0 atom stereocenters. The van der Waals surface area contributed by atoms with Gasteiger partial charge in [0.2, 0.25) is 11.8 Å². The standard InChI is InChI=1S/C19H26N6O4/c1-13(2)19-21-18(29-22-19)12-24-8-6-23(7-9-24)11-17(26)20-15-5-4-14(3)16(10-15)25(27)28/h4-5,10,13H,6-9,11-12H2,1-3H3,(H,20,26). The third-order valence-corrected chi connectivity index (χ3v) is 4.88. The molecule has 0 radical (unpaired) electrons. The van der Waals surface area contributed by atoms with Crippen LogP contribution in [0.5, 0.6) is 0 Å². The summed E-state index contributed by atoms with van der Waals surface area (Å²) in [7, 11) is 0. The highest BCUT2D eigenvalue weighted by molar-refractivity contribution is 5.92. The topological polar surface area (TPSA) is 118 Å². The molecule has 0 spiro atoms. The molecule has 1 fully saturated rings. The van der Waals surface area contributed by atoms with E-state index in [1.54, 1.807) is 19.1 Å². The van der Waals surface area contributed by atoms with Gasteiger partial charge in [-0.2, -0.15) is 4.98 Å². The summed E-state index contributed by atoms with van der Waals surface area (Å²) in [6.07, 6.45) is 0. The van der Waals surface area contributed by atoms with Crippen molar-refractivity contribution in [1.82, 2.24) is 19.9 Å². The SMILES string of the molecule is Cc1ccc(NC(=O)CN2CCN(Cc3nc(C(C)C)no3)CC2)cc1[N+](=O)[O-]. The molecule has 1 amide bonds. The summed E-state index contributed by atoms with van der Waals surface area (Å²) in [6, 6.07) is 4.70. The van der Waals surface area contributed by atoms with Gasteiger partial charge in [-0.05, 0) is 13.0 Å². The number of hydrogen-bond acceptors (Lipinski definition) is 8. The Hall–Kier alpha value is -2.85. The van der Waals surface area contributed by atoms with Crippen molar-refractivity contribution >= 4 is 17.3 Å². The molecule has 1 saturated heterocycles. The van der Waals surface area contributed by atoms with E-state index < -0.39 is 4.92 Å². The van der Waals surface area contributed by atoms with Gasteiger partial charge < -0.3 is 9.84 Å². The number of nitrogens with zero attached hydrogens (tertiary/aromatic N) is 5. The normalized spacial score (nSPS) is 15.6. The first-order chi connectivity index (χ1) is 13.8. The fourth-order valence-electron chi connectivity index (χ4n) is 3.15. The van der Waals surface area contributed by atoms with E-state index in [0.29, 0.717) is 29.5 Å². The van der Waals surface area contributed by atoms with Crippen LogP contribution < -0.4 is 5.32 Å². The van der Waals surface area contributed by atoms with Crippen molar-refractivity contribution in [2.24, 2.45) is 0 Å². The van der Waals surface area contributed by atoms with E-state index >= 15 is 0 Å². The number of aryl methyl sites for hydroxylation is 1. The molecule has 0 aliphatic carbocycles. The molecule has 1 N–H and O–H groups in total. The molecular formula is C19H26N6O4. The van der Waals surface area contributed by atoms with Crippen LogP contribution in [-0.2, 0) is 11.3 Å². The molecule has 10 nitrogen and oxygen atoms in total. The van der Waals surface area contributed by atoms with E-state index in [4.69, 9.17) is 4.52 Å². The fraction of sp³-hybridized carbons (Fsp3) is 0.526. The zero-order chi connectivity index (χ0) is 21.0. The molecule has 29 heavy (non-hydrogen) atoms. The molecule has 0 unspecified atom stereocenters. The Bertz CT molecular complexity index is 873. The van der Waals surface area contributed by atoms with E-state index in [-0.39, 0.29) is 24.1 Å². The fourth-order valence-corrected chi connectivity index (χ4v) is 3.15. The molecule has 3 rings (SSSR count). The van der Waals surface area contributed by atoms with Gasteiger partial charge in [0.15, 0.2) is 5.82 Å². The minimum Gasteiger partial charge on any atom is -0.338 e. The summed E-state index contributed by atoms with van der Waals surface area (Å²) in [4.78, 5) is 31.6. The highest BCUT2D eigenvalue weighted by Gasteiger charge is 2.21. The highest BCUT2D eigenvalue weighted by atomic mass is 16.6. The molecule has 2 aromatic rings. The first-order valence-electron chi connectivity index (χ1n) is 9.64. The van der Waals surface area contributed by atoms with Crippen LogP contribution in [0, 0.1) is 17.0 Å². The zero-order valence-corrected chi connectivity index (χ0v) is 16.9. The van der Waals surface area contributed by atoms with Crippen molar-refractivity contribution in [3.63, 3.8) is 0 Å². The van der Waals surface area contributed by atoms with Crippen molar-refractivity contribution < 1.29 is 14.2 Å². The number of nitro groups is 1. The summed E-state index contributed by atoms with van der Waals surface area (Å²) < 4.78 is 5.29. The Balaban J connectivity index is 1.46. The lowest BCUT2D eigenvalue weighted by atomic mass is 10.2. The number of benzene rings is 1. The molecule has 10 heteroatoms. The minimum atomic E-state index is -0.447. The molecular weight excluding hydrogens is 376 g/mol. The number of rotatable bonds is 7. The van der Waals surface area contributed by atoms with Crippen LogP contribution in [0.1, 0.15) is 37.0 Å². The van der Waals surface area contributed by atoms with Gasteiger partial charge >= 0.3 is 0 Å². The third-order valence-electron chi connectivity index (χ3n) is 4.88. The van der Waals surface area contributed by atoms with Gasteiger partial charge in [-0.25, -0.2) is 0 Å². The van der Waals surface area contributed by atoms with Crippen LogP contribution in [0.15, 0.2) is 22.7 Å². The maximum atomic E-state index is 12.3. The number of carbonyl (C=O) groups is 1. The summed E-state index contributed by atoms with van der Waals surface area (Å²) in [5, 5.41) is 17.8. The Kier molecular flexibility index (Phi) is 6.55. The molecule has 2 heterocycles. The van der Waals surface area contributed by atoms with Gasteiger partial charge in [-0.15, -0.1) is 0 Å². The second-order valence-electron chi connectivity index (χ2n) is 7.56. The summed E-state index contributed by atoms with van der Waals surface area (Å²) >= 11 is 0. The minimum absolute atomic E-state index is 0.00179. The van der Waals surface area contributed by atoms with Gasteiger partial charge in [0.05, 0.1) is 18.0 Å². The Labute approximate surface area is 169 Å². The second kappa shape index (κ2) is 9.10. The predicted molar refractivity (Wildman–Crippen MR) is 107 cm³/mol. The number of nitrogens with one attached hydrogen (secondary N) is 1.